The van der Waals surface area contributed by atoms with Gasteiger partial charge in [0.15, 0.2) is 0 Å². The van der Waals surface area contributed by atoms with E-state index in [-0.39, 0.29) is 6.61 Å². The molecule has 5 nitrogen and oxygen atoms in total. The van der Waals surface area contributed by atoms with Gasteiger partial charge in [0.1, 0.15) is 0 Å². The highest BCUT2D eigenvalue weighted by molar-refractivity contribution is 6.30. The van der Waals surface area contributed by atoms with Crippen LogP contribution >= 0.6 is 11.6 Å². The molecule has 0 unspecified atom stereocenters. The lowest BCUT2D eigenvalue weighted by molar-refractivity contribution is 0.210. The van der Waals surface area contributed by atoms with E-state index in [1.165, 1.54) is 0 Å². The van der Waals surface area contributed by atoms with Crippen LogP contribution in [0.4, 0.5) is 0 Å². The minimum Gasteiger partial charge on any atom is -0.396 e. The van der Waals surface area contributed by atoms with Crippen molar-refractivity contribution < 1.29 is 5.11 Å². The molecule has 0 atom stereocenters. The second kappa shape index (κ2) is 7.55. The highest BCUT2D eigenvalue weighted by atomic mass is 35.5. The molecule has 2 heterocycles. The first-order valence-electron chi connectivity index (χ1n) is 7.61. The first-order chi connectivity index (χ1) is 11.3. The third-order valence-electron chi connectivity index (χ3n) is 3.68. The van der Waals surface area contributed by atoms with Gasteiger partial charge in [0, 0.05) is 43.7 Å². The predicted octanol–water partition coefficient (Wildman–Crippen LogP) is 2.77. The molecule has 1 N–H and O–H groups in total. The second-order valence-electron chi connectivity index (χ2n) is 5.46. The van der Waals surface area contributed by atoms with Crippen LogP contribution in [0.15, 0.2) is 48.9 Å². The van der Waals surface area contributed by atoms with E-state index in [1.807, 2.05) is 41.1 Å². The first-order valence-corrected chi connectivity index (χ1v) is 7.98. The normalized spacial score (nSPS) is 11.4. The summed E-state index contributed by atoms with van der Waals surface area (Å²) < 4.78 is 1.99. The molecule has 3 rings (SSSR count). The summed E-state index contributed by atoms with van der Waals surface area (Å²) in [5.41, 5.74) is 2.23. The van der Waals surface area contributed by atoms with Crippen molar-refractivity contribution in [2.45, 2.75) is 19.5 Å². The van der Waals surface area contributed by atoms with Gasteiger partial charge in [-0.25, -0.2) is 9.97 Å². The van der Waals surface area contributed by atoms with Crippen molar-refractivity contribution in [2.75, 3.05) is 13.2 Å². The van der Waals surface area contributed by atoms with Crippen molar-refractivity contribution in [2.24, 2.45) is 0 Å². The summed E-state index contributed by atoms with van der Waals surface area (Å²) in [6, 6.07) is 9.77. The Bertz CT molecular complexity index is 774. The average Bonchev–Trinajstić information content (AvgIpc) is 2.96. The van der Waals surface area contributed by atoms with Crippen molar-refractivity contribution in [3.05, 3.63) is 65.2 Å². The van der Waals surface area contributed by atoms with Crippen molar-refractivity contribution >= 4 is 17.4 Å². The summed E-state index contributed by atoms with van der Waals surface area (Å²) in [5.74, 6) is 0.701. The van der Waals surface area contributed by atoms with Gasteiger partial charge in [-0.05, 0) is 30.2 Å². The molecule has 2 aromatic heterocycles. The van der Waals surface area contributed by atoms with E-state index in [4.69, 9.17) is 16.7 Å². The summed E-state index contributed by atoms with van der Waals surface area (Å²) in [6.45, 7) is 2.49. The predicted molar refractivity (Wildman–Crippen MR) is 90.3 cm³/mol. The van der Waals surface area contributed by atoms with E-state index in [1.54, 1.807) is 6.20 Å². The Morgan fingerprint density at radius 3 is 2.91 bits per heavy atom. The van der Waals surface area contributed by atoms with E-state index < -0.39 is 0 Å². The molecule has 0 aliphatic heterocycles. The Morgan fingerprint density at radius 1 is 1.17 bits per heavy atom. The SMILES string of the molecule is OCCCN(Cc1cccc(Cl)c1)Cc1cnc2ncccn12. The van der Waals surface area contributed by atoms with Crippen molar-refractivity contribution in [1.29, 1.82) is 0 Å². The standard InChI is InChI=1S/C17H19ClN4O/c18-15-5-1-4-14(10-15)12-21(7-3-9-23)13-16-11-20-17-19-6-2-8-22(16)17/h1-2,4-6,8,10-11,23H,3,7,9,12-13H2. The van der Waals surface area contributed by atoms with Gasteiger partial charge in [0.25, 0.3) is 0 Å². The topological polar surface area (TPSA) is 53.7 Å². The lowest BCUT2D eigenvalue weighted by Gasteiger charge is -2.22. The smallest absolute Gasteiger partial charge is 0.233 e. The number of aromatic nitrogens is 3. The largest absolute Gasteiger partial charge is 0.396 e. The monoisotopic (exact) mass is 330 g/mol. The third kappa shape index (κ3) is 4.07. The molecule has 0 aliphatic carbocycles. The van der Waals surface area contributed by atoms with Gasteiger partial charge in [-0.2, -0.15) is 0 Å². The molecule has 0 amide bonds. The molecule has 23 heavy (non-hydrogen) atoms. The third-order valence-corrected chi connectivity index (χ3v) is 3.91. The molecule has 0 saturated carbocycles. The zero-order chi connectivity index (χ0) is 16.1. The average molecular weight is 331 g/mol. The minimum absolute atomic E-state index is 0.181. The molecule has 0 aliphatic rings. The number of halogens is 1. The van der Waals surface area contributed by atoms with Crippen molar-refractivity contribution in [3.8, 4) is 0 Å². The first kappa shape index (κ1) is 15.9. The molecule has 120 valence electrons. The molecule has 0 fully saturated rings. The number of aliphatic hydroxyl groups excluding tert-OH is 1. The number of aliphatic hydroxyl groups is 1. The number of benzene rings is 1. The summed E-state index contributed by atoms with van der Waals surface area (Å²) in [4.78, 5) is 10.8. The Labute approximate surface area is 140 Å². The van der Waals surface area contributed by atoms with Crippen LogP contribution in [0.1, 0.15) is 17.7 Å². The lowest BCUT2D eigenvalue weighted by Crippen LogP contribution is -2.25. The molecule has 0 spiro atoms. The summed E-state index contributed by atoms with van der Waals surface area (Å²) in [6.07, 6.45) is 6.29. The molecule has 0 bridgehead atoms. The Balaban J connectivity index is 1.78. The van der Waals surface area contributed by atoms with E-state index in [0.29, 0.717) is 5.78 Å². The van der Waals surface area contributed by atoms with Gasteiger partial charge >= 0.3 is 0 Å². The summed E-state index contributed by atoms with van der Waals surface area (Å²) in [5, 5.41) is 9.89. The van der Waals surface area contributed by atoms with Crippen LogP contribution in [-0.2, 0) is 13.1 Å². The van der Waals surface area contributed by atoms with E-state index >= 15 is 0 Å². The number of fused-ring (bicyclic) bond motifs is 1. The number of rotatable bonds is 7. The maximum absolute atomic E-state index is 9.15. The van der Waals surface area contributed by atoms with Crippen LogP contribution in [-0.4, -0.2) is 37.5 Å². The zero-order valence-electron chi connectivity index (χ0n) is 12.8. The van der Waals surface area contributed by atoms with Gasteiger partial charge in [0.2, 0.25) is 5.78 Å². The number of hydrogen-bond acceptors (Lipinski definition) is 4. The lowest BCUT2D eigenvalue weighted by atomic mass is 10.2. The van der Waals surface area contributed by atoms with Gasteiger partial charge in [0.05, 0.1) is 11.9 Å². The van der Waals surface area contributed by atoms with Gasteiger partial charge in [-0.1, -0.05) is 23.7 Å². The molecular formula is C17H19ClN4O. The van der Waals surface area contributed by atoms with Crippen LogP contribution in [0.2, 0.25) is 5.02 Å². The quantitative estimate of drug-likeness (QED) is 0.723. The van der Waals surface area contributed by atoms with Crippen molar-refractivity contribution in [3.63, 3.8) is 0 Å². The maximum Gasteiger partial charge on any atom is 0.233 e. The van der Waals surface area contributed by atoms with Gasteiger partial charge in [-0.15, -0.1) is 0 Å². The Hall–Kier alpha value is -1.95. The van der Waals surface area contributed by atoms with E-state index in [0.717, 1.165) is 42.3 Å². The highest BCUT2D eigenvalue weighted by Crippen LogP contribution is 2.15. The summed E-state index contributed by atoms with van der Waals surface area (Å²) in [7, 11) is 0. The second-order valence-corrected chi connectivity index (χ2v) is 5.89. The zero-order valence-corrected chi connectivity index (χ0v) is 13.5. The van der Waals surface area contributed by atoms with Crippen LogP contribution in [0, 0.1) is 0 Å². The van der Waals surface area contributed by atoms with Crippen molar-refractivity contribution in [1.82, 2.24) is 19.3 Å². The van der Waals surface area contributed by atoms with Gasteiger partial charge < -0.3 is 5.11 Å². The molecule has 1 aromatic carbocycles. The fourth-order valence-corrected chi connectivity index (χ4v) is 2.84. The molecular weight excluding hydrogens is 312 g/mol. The number of hydrogen-bond donors (Lipinski definition) is 1. The molecule has 6 heteroatoms. The molecule has 0 saturated heterocycles. The van der Waals surface area contributed by atoms with Crippen LogP contribution in [0.25, 0.3) is 5.78 Å². The van der Waals surface area contributed by atoms with E-state index in [9.17, 15) is 0 Å². The van der Waals surface area contributed by atoms with Crippen LogP contribution < -0.4 is 0 Å². The maximum atomic E-state index is 9.15. The van der Waals surface area contributed by atoms with Crippen LogP contribution in [0.3, 0.4) is 0 Å². The highest BCUT2D eigenvalue weighted by Gasteiger charge is 2.11. The van der Waals surface area contributed by atoms with E-state index in [2.05, 4.69) is 20.9 Å². The number of nitrogens with zero attached hydrogens (tertiary/aromatic N) is 4. The number of imidazole rings is 1. The van der Waals surface area contributed by atoms with Gasteiger partial charge in [-0.3, -0.25) is 9.30 Å². The summed E-state index contributed by atoms with van der Waals surface area (Å²) >= 11 is 6.07. The van der Waals surface area contributed by atoms with Crippen LogP contribution in [0.5, 0.6) is 0 Å². The Kier molecular flexibility index (Phi) is 5.23. The minimum atomic E-state index is 0.181. The molecule has 0 radical (unpaired) electrons. The fourth-order valence-electron chi connectivity index (χ4n) is 2.63. The molecule has 3 aromatic rings. The fraction of sp³-hybridized carbons (Fsp3) is 0.294. The Morgan fingerprint density at radius 2 is 2.09 bits per heavy atom.